The summed E-state index contributed by atoms with van der Waals surface area (Å²) in [5.41, 5.74) is 3.92. The molecule has 20 heavy (non-hydrogen) atoms. The first-order valence-corrected chi connectivity index (χ1v) is 7.13. The van der Waals surface area contributed by atoms with Crippen LogP contribution in [0.25, 0.3) is 0 Å². The van der Waals surface area contributed by atoms with Crippen molar-refractivity contribution in [1.82, 2.24) is 0 Å². The molecule has 0 amide bonds. The smallest absolute Gasteiger partial charge is 0.131 e. The monoisotopic (exact) mass is 337 g/mol. The van der Waals surface area contributed by atoms with E-state index in [-0.39, 0.29) is 5.82 Å². The van der Waals surface area contributed by atoms with Crippen molar-refractivity contribution in [3.05, 3.63) is 57.3 Å². The fraction of sp³-hybridized carbons (Fsp3) is 0.250. The largest absolute Gasteiger partial charge is 0.497 e. The Hall–Kier alpha value is -1.55. The quantitative estimate of drug-likeness (QED) is 0.862. The van der Waals surface area contributed by atoms with Crippen LogP contribution < -0.4 is 10.1 Å². The molecule has 2 nitrogen and oxygen atoms in total. The summed E-state index contributed by atoms with van der Waals surface area (Å²) in [5.74, 6) is 0.270. The van der Waals surface area contributed by atoms with Gasteiger partial charge in [-0.2, -0.15) is 0 Å². The van der Waals surface area contributed by atoms with E-state index in [1.807, 2.05) is 26.0 Å². The van der Waals surface area contributed by atoms with Gasteiger partial charge in [0.1, 0.15) is 11.6 Å². The standard InChI is InChI=1S/C16H17BrFNO/c1-10-6-13(17)7-11(2)16(10)19-9-12-4-5-14(20-3)8-15(12)18/h4-8,19H,9H2,1-3H3. The maximum Gasteiger partial charge on any atom is 0.131 e. The van der Waals surface area contributed by atoms with Crippen LogP contribution in [0.15, 0.2) is 34.8 Å². The van der Waals surface area contributed by atoms with Crippen LogP contribution in [0, 0.1) is 19.7 Å². The predicted octanol–water partition coefficient (Wildman–Crippen LogP) is 4.83. The van der Waals surface area contributed by atoms with Gasteiger partial charge in [0.05, 0.1) is 7.11 Å². The molecule has 0 spiro atoms. The lowest BCUT2D eigenvalue weighted by Gasteiger charge is -2.14. The van der Waals surface area contributed by atoms with Gasteiger partial charge in [-0.3, -0.25) is 0 Å². The second kappa shape index (κ2) is 6.27. The third-order valence-corrected chi connectivity index (χ3v) is 3.67. The zero-order valence-electron chi connectivity index (χ0n) is 11.8. The molecule has 0 atom stereocenters. The van der Waals surface area contributed by atoms with Crippen molar-refractivity contribution in [2.75, 3.05) is 12.4 Å². The maximum atomic E-state index is 13.9. The molecule has 0 saturated carbocycles. The van der Waals surface area contributed by atoms with Crippen LogP contribution in [-0.4, -0.2) is 7.11 Å². The zero-order valence-corrected chi connectivity index (χ0v) is 13.3. The lowest BCUT2D eigenvalue weighted by molar-refractivity contribution is 0.411. The van der Waals surface area contributed by atoms with E-state index >= 15 is 0 Å². The number of hydrogen-bond acceptors (Lipinski definition) is 2. The molecule has 0 fully saturated rings. The molecule has 0 unspecified atom stereocenters. The molecule has 1 N–H and O–H groups in total. The molecular formula is C16H17BrFNO. The van der Waals surface area contributed by atoms with Crippen molar-refractivity contribution in [3.8, 4) is 5.75 Å². The fourth-order valence-corrected chi connectivity index (χ4v) is 2.86. The van der Waals surface area contributed by atoms with E-state index in [0.29, 0.717) is 17.9 Å². The van der Waals surface area contributed by atoms with Gasteiger partial charge in [-0.15, -0.1) is 0 Å². The zero-order chi connectivity index (χ0) is 14.7. The molecule has 106 valence electrons. The first-order valence-electron chi connectivity index (χ1n) is 6.34. The molecule has 0 radical (unpaired) electrons. The summed E-state index contributed by atoms with van der Waals surface area (Å²) in [6.07, 6.45) is 0. The number of aryl methyl sites for hydroxylation is 2. The van der Waals surface area contributed by atoms with Gasteiger partial charge >= 0.3 is 0 Å². The van der Waals surface area contributed by atoms with Gasteiger partial charge in [-0.1, -0.05) is 22.0 Å². The molecule has 0 aliphatic heterocycles. The average molecular weight is 338 g/mol. The summed E-state index contributed by atoms with van der Waals surface area (Å²) in [5, 5.41) is 3.30. The Morgan fingerprint density at radius 1 is 1.15 bits per heavy atom. The highest BCUT2D eigenvalue weighted by molar-refractivity contribution is 9.10. The minimum absolute atomic E-state index is 0.260. The number of anilines is 1. The van der Waals surface area contributed by atoms with E-state index in [1.54, 1.807) is 12.1 Å². The first-order chi connectivity index (χ1) is 9.51. The van der Waals surface area contributed by atoms with Gasteiger partial charge in [-0.25, -0.2) is 4.39 Å². The van der Waals surface area contributed by atoms with Gasteiger partial charge < -0.3 is 10.1 Å². The van der Waals surface area contributed by atoms with Crippen LogP contribution in [0.3, 0.4) is 0 Å². The van der Waals surface area contributed by atoms with E-state index < -0.39 is 0 Å². The van der Waals surface area contributed by atoms with Crippen LogP contribution in [0.4, 0.5) is 10.1 Å². The van der Waals surface area contributed by atoms with Crippen molar-refractivity contribution >= 4 is 21.6 Å². The number of halogens is 2. The minimum Gasteiger partial charge on any atom is -0.497 e. The van der Waals surface area contributed by atoms with Crippen LogP contribution >= 0.6 is 15.9 Å². The highest BCUT2D eigenvalue weighted by Crippen LogP contribution is 2.26. The van der Waals surface area contributed by atoms with E-state index in [4.69, 9.17) is 4.74 Å². The molecule has 2 rings (SSSR count). The molecule has 2 aromatic carbocycles. The normalized spacial score (nSPS) is 10.4. The number of rotatable bonds is 4. The topological polar surface area (TPSA) is 21.3 Å². The van der Waals surface area contributed by atoms with Crippen molar-refractivity contribution in [3.63, 3.8) is 0 Å². The van der Waals surface area contributed by atoms with E-state index in [0.717, 1.165) is 21.3 Å². The van der Waals surface area contributed by atoms with Crippen LogP contribution in [0.5, 0.6) is 5.75 Å². The minimum atomic E-state index is -0.260. The molecule has 0 aliphatic rings. The van der Waals surface area contributed by atoms with E-state index in [9.17, 15) is 4.39 Å². The van der Waals surface area contributed by atoms with Crippen molar-refractivity contribution in [2.24, 2.45) is 0 Å². The highest BCUT2D eigenvalue weighted by Gasteiger charge is 2.07. The third kappa shape index (κ3) is 3.31. The van der Waals surface area contributed by atoms with E-state index in [1.165, 1.54) is 13.2 Å². The molecule has 0 bridgehead atoms. The third-order valence-electron chi connectivity index (χ3n) is 3.21. The Balaban J connectivity index is 2.17. The highest BCUT2D eigenvalue weighted by atomic mass is 79.9. The van der Waals surface area contributed by atoms with E-state index in [2.05, 4.69) is 21.2 Å². The van der Waals surface area contributed by atoms with Gasteiger partial charge in [0.25, 0.3) is 0 Å². The summed E-state index contributed by atoms with van der Waals surface area (Å²) in [6.45, 7) is 4.51. The second-order valence-electron chi connectivity index (χ2n) is 4.73. The lowest BCUT2D eigenvalue weighted by Crippen LogP contribution is -2.05. The molecule has 0 aromatic heterocycles. The number of ether oxygens (including phenoxy) is 1. The lowest BCUT2D eigenvalue weighted by atomic mass is 10.1. The molecule has 4 heteroatoms. The van der Waals surface area contributed by atoms with Crippen molar-refractivity contribution in [1.29, 1.82) is 0 Å². The number of methoxy groups -OCH3 is 1. The predicted molar refractivity (Wildman–Crippen MR) is 83.9 cm³/mol. The fourth-order valence-electron chi connectivity index (χ4n) is 2.17. The molecule has 2 aromatic rings. The van der Waals surface area contributed by atoms with Gasteiger partial charge in [0, 0.05) is 28.3 Å². The summed E-state index contributed by atoms with van der Waals surface area (Å²) in [7, 11) is 1.53. The Morgan fingerprint density at radius 3 is 2.35 bits per heavy atom. The van der Waals surface area contributed by atoms with Crippen LogP contribution in [-0.2, 0) is 6.54 Å². The molecular weight excluding hydrogens is 321 g/mol. The van der Waals surface area contributed by atoms with Crippen LogP contribution in [0.1, 0.15) is 16.7 Å². The van der Waals surface area contributed by atoms with Crippen molar-refractivity contribution < 1.29 is 9.13 Å². The summed E-state index contributed by atoms with van der Waals surface area (Å²) < 4.78 is 19.9. The van der Waals surface area contributed by atoms with Crippen LogP contribution in [0.2, 0.25) is 0 Å². The SMILES string of the molecule is COc1ccc(CNc2c(C)cc(Br)cc2C)c(F)c1. The summed E-state index contributed by atoms with van der Waals surface area (Å²) in [6, 6.07) is 8.99. The Bertz CT molecular complexity index is 605. The average Bonchev–Trinajstić information content (AvgIpc) is 2.39. The number of nitrogens with one attached hydrogen (secondary N) is 1. The number of benzene rings is 2. The summed E-state index contributed by atoms with van der Waals surface area (Å²) >= 11 is 3.47. The number of hydrogen-bond donors (Lipinski definition) is 1. The van der Waals surface area contributed by atoms with Crippen molar-refractivity contribution in [2.45, 2.75) is 20.4 Å². The molecule has 0 aliphatic carbocycles. The Morgan fingerprint density at radius 2 is 1.80 bits per heavy atom. The first kappa shape index (κ1) is 14.9. The summed E-state index contributed by atoms with van der Waals surface area (Å²) in [4.78, 5) is 0. The maximum absolute atomic E-state index is 13.9. The van der Waals surface area contributed by atoms with Gasteiger partial charge in [0.2, 0.25) is 0 Å². The Labute approximate surface area is 127 Å². The van der Waals surface area contributed by atoms with Gasteiger partial charge in [0.15, 0.2) is 0 Å². The Kier molecular flexibility index (Phi) is 4.65. The molecule has 0 saturated heterocycles. The molecule has 0 heterocycles. The second-order valence-corrected chi connectivity index (χ2v) is 5.64. The van der Waals surface area contributed by atoms with Gasteiger partial charge in [-0.05, 0) is 43.2 Å².